The van der Waals surface area contributed by atoms with E-state index >= 15 is 0 Å². The first-order chi connectivity index (χ1) is 9.40. The van der Waals surface area contributed by atoms with Gasteiger partial charge < -0.3 is 9.47 Å². The molecule has 0 N–H and O–H groups in total. The molecule has 0 spiro atoms. The van der Waals surface area contributed by atoms with Crippen LogP contribution < -0.4 is 4.74 Å². The van der Waals surface area contributed by atoms with Crippen LogP contribution in [0, 0.1) is 0 Å². The summed E-state index contributed by atoms with van der Waals surface area (Å²) in [5.41, 5.74) is 2.40. The lowest BCUT2D eigenvalue weighted by atomic mass is 10.1. The van der Waals surface area contributed by atoms with Crippen LogP contribution in [0.1, 0.15) is 0 Å². The lowest BCUT2D eigenvalue weighted by molar-refractivity contribution is 0.121. The molecule has 2 aromatic carbocycles. The summed E-state index contributed by atoms with van der Waals surface area (Å²) in [6, 6.07) is 18.4. The summed E-state index contributed by atoms with van der Waals surface area (Å²) in [4.78, 5) is 0. The highest BCUT2D eigenvalue weighted by atomic mass is 16.5. The second-order valence-corrected chi connectivity index (χ2v) is 4.10. The number of hydrogen-bond acceptors (Lipinski definition) is 2. The molecular weight excluding hydrogens is 236 g/mol. The van der Waals surface area contributed by atoms with Crippen molar-refractivity contribution in [3.05, 3.63) is 67.3 Å². The van der Waals surface area contributed by atoms with Crippen molar-refractivity contribution < 1.29 is 9.47 Å². The molecule has 0 aliphatic rings. The molecule has 0 fully saturated rings. The standard InChI is InChI=1S/C17H18O2/c1-2-12-18-13-14-19-17-10-8-16(9-11-17)15-6-4-3-5-7-15/h2-11H,1,12-14H2. The molecule has 0 aromatic heterocycles. The number of hydrogen-bond donors (Lipinski definition) is 0. The molecule has 0 saturated carbocycles. The Bertz CT molecular complexity index is 488. The van der Waals surface area contributed by atoms with Crippen molar-refractivity contribution in [1.29, 1.82) is 0 Å². The molecule has 2 aromatic rings. The summed E-state index contributed by atoms with van der Waals surface area (Å²) in [6.07, 6.45) is 1.73. The summed E-state index contributed by atoms with van der Waals surface area (Å²) >= 11 is 0. The molecule has 0 unspecified atom stereocenters. The van der Waals surface area contributed by atoms with E-state index < -0.39 is 0 Å². The average molecular weight is 254 g/mol. The van der Waals surface area contributed by atoms with Crippen LogP contribution in [-0.4, -0.2) is 19.8 Å². The smallest absolute Gasteiger partial charge is 0.119 e. The van der Waals surface area contributed by atoms with Crippen molar-refractivity contribution in [3.8, 4) is 16.9 Å². The Morgan fingerprint density at radius 1 is 0.842 bits per heavy atom. The highest BCUT2D eigenvalue weighted by Gasteiger charge is 1.98. The SMILES string of the molecule is C=CCOCCOc1ccc(-c2ccccc2)cc1. The topological polar surface area (TPSA) is 18.5 Å². The van der Waals surface area contributed by atoms with Crippen LogP contribution >= 0.6 is 0 Å². The first-order valence-electron chi connectivity index (χ1n) is 6.37. The van der Waals surface area contributed by atoms with E-state index in [2.05, 4.69) is 30.8 Å². The van der Waals surface area contributed by atoms with E-state index in [0.717, 1.165) is 5.75 Å². The van der Waals surface area contributed by atoms with Crippen molar-refractivity contribution in [2.75, 3.05) is 19.8 Å². The second-order valence-electron chi connectivity index (χ2n) is 4.10. The Morgan fingerprint density at radius 2 is 1.53 bits per heavy atom. The van der Waals surface area contributed by atoms with E-state index in [4.69, 9.17) is 9.47 Å². The molecule has 2 heteroatoms. The third kappa shape index (κ3) is 4.27. The van der Waals surface area contributed by atoms with Gasteiger partial charge in [-0.05, 0) is 23.3 Å². The zero-order valence-corrected chi connectivity index (χ0v) is 10.9. The van der Waals surface area contributed by atoms with E-state index in [9.17, 15) is 0 Å². The van der Waals surface area contributed by atoms with Gasteiger partial charge >= 0.3 is 0 Å². The zero-order valence-electron chi connectivity index (χ0n) is 10.9. The Kier molecular flexibility index (Phi) is 5.20. The first kappa shape index (κ1) is 13.4. The Balaban J connectivity index is 1.87. The zero-order chi connectivity index (χ0) is 13.3. The number of benzene rings is 2. The molecule has 0 heterocycles. The number of ether oxygens (including phenoxy) is 2. The highest BCUT2D eigenvalue weighted by molar-refractivity contribution is 5.63. The van der Waals surface area contributed by atoms with Gasteiger partial charge in [0.1, 0.15) is 12.4 Å². The van der Waals surface area contributed by atoms with Gasteiger partial charge in [-0.3, -0.25) is 0 Å². The minimum absolute atomic E-state index is 0.554. The molecule has 2 nitrogen and oxygen atoms in total. The highest BCUT2D eigenvalue weighted by Crippen LogP contribution is 2.21. The Labute approximate surface area is 114 Å². The Hall–Kier alpha value is -2.06. The molecule has 2 rings (SSSR count). The third-order valence-electron chi connectivity index (χ3n) is 2.69. The van der Waals surface area contributed by atoms with Crippen LogP contribution in [0.15, 0.2) is 67.3 Å². The predicted molar refractivity (Wildman–Crippen MR) is 78.4 cm³/mol. The summed E-state index contributed by atoms with van der Waals surface area (Å²) in [7, 11) is 0. The van der Waals surface area contributed by atoms with Crippen molar-refractivity contribution in [1.82, 2.24) is 0 Å². The maximum atomic E-state index is 5.58. The van der Waals surface area contributed by atoms with Crippen LogP contribution in [0.5, 0.6) is 5.75 Å². The molecule has 0 bridgehead atoms. The molecular formula is C17H18O2. The quantitative estimate of drug-likeness (QED) is 0.550. The minimum atomic E-state index is 0.554. The summed E-state index contributed by atoms with van der Waals surface area (Å²) < 4.78 is 10.8. The second kappa shape index (κ2) is 7.39. The average Bonchev–Trinajstić information content (AvgIpc) is 2.49. The van der Waals surface area contributed by atoms with Gasteiger partial charge in [0.2, 0.25) is 0 Å². The van der Waals surface area contributed by atoms with Crippen molar-refractivity contribution in [2.24, 2.45) is 0 Å². The monoisotopic (exact) mass is 254 g/mol. The van der Waals surface area contributed by atoms with Gasteiger partial charge in [-0.1, -0.05) is 48.5 Å². The van der Waals surface area contributed by atoms with Crippen LogP contribution in [-0.2, 0) is 4.74 Å². The normalized spacial score (nSPS) is 10.1. The van der Waals surface area contributed by atoms with Crippen molar-refractivity contribution in [2.45, 2.75) is 0 Å². The van der Waals surface area contributed by atoms with Crippen LogP contribution in [0.3, 0.4) is 0 Å². The Morgan fingerprint density at radius 3 is 2.21 bits per heavy atom. The largest absolute Gasteiger partial charge is 0.491 e. The number of rotatable bonds is 7. The lowest BCUT2D eigenvalue weighted by Crippen LogP contribution is -2.06. The van der Waals surface area contributed by atoms with Crippen molar-refractivity contribution in [3.63, 3.8) is 0 Å². The minimum Gasteiger partial charge on any atom is -0.491 e. The van der Waals surface area contributed by atoms with Crippen LogP contribution in [0.2, 0.25) is 0 Å². The van der Waals surface area contributed by atoms with E-state index in [-0.39, 0.29) is 0 Å². The van der Waals surface area contributed by atoms with Gasteiger partial charge in [0.05, 0.1) is 13.2 Å². The van der Waals surface area contributed by atoms with E-state index in [0.29, 0.717) is 19.8 Å². The van der Waals surface area contributed by atoms with E-state index in [1.54, 1.807) is 6.08 Å². The van der Waals surface area contributed by atoms with E-state index in [1.807, 2.05) is 30.3 Å². The fourth-order valence-electron chi connectivity index (χ4n) is 1.76. The van der Waals surface area contributed by atoms with Gasteiger partial charge in [-0.15, -0.1) is 6.58 Å². The lowest BCUT2D eigenvalue weighted by Gasteiger charge is -2.07. The molecule has 0 saturated heterocycles. The van der Waals surface area contributed by atoms with Gasteiger partial charge in [-0.25, -0.2) is 0 Å². The van der Waals surface area contributed by atoms with Gasteiger partial charge in [0.25, 0.3) is 0 Å². The van der Waals surface area contributed by atoms with Crippen LogP contribution in [0.4, 0.5) is 0 Å². The first-order valence-corrected chi connectivity index (χ1v) is 6.37. The van der Waals surface area contributed by atoms with Gasteiger partial charge in [0, 0.05) is 0 Å². The molecule has 0 radical (unpaired) electrons. The van der Waals surface area contributed by atoms with Gasteiger partial charge in [-0.2, -0.15) is 0 Å². The maximum Gasteiger partial charge on any atom is 0.119 e. The van der Waals surface area contributed by atoms with Crippen molar-refractivity contribution >= 4 is 0 Å². The van der Waals surface area contributed by atoms with Crippen LogP contribution in [0.25, 0.3) is 11.1 Å². The van der Waals surface area contributed by atoms with E-state index in [1.165, 1.54) is 11.1 Å². The third-order valence-corrected chi connectivity index (χ3v) is 2.69. The summed E-state index contributed by atoms with van der Waals surface area (Å²) in [5.74, 6) is 0.863. The maximum absolute atomic E-state index is 5.58. The fraction of sp³-hybridized carbons (Fsp3) is 0.176. The molecule has 0 atom stereocenters. The summed E-state index contributed by atoms with van der Waals surface area (Å²) in [5, 5.41) is 0. The fourth-order valence-corrected chi connectivity index (χ4v) is 1.76. The molecule has 0 amide bonds. The molecule has 0 aliphatic carbocycles. The molecule has 19 heavy (non-hydrogen) atoms. The molecule has 0 aliphatic heterocycles. The predicted octanol–water partition coefficient (Wildman–Crippen LogP) is 3.94. The molecule has 98 valence electrons. The summed E-state index contributed by atoms with van der Waals surface area (Å²) in [6.45, 7) is 5.28. The van der Waals surface area contributed by atoms with Gasteiger partial charge in [0.15, 0.2) is 0 Å².